The number of hydrogen-bond acceptors (Lipinski definition) is 7. The van der Waals surface area contributed by atoms with Crippen LogP contribution in [0.5, 0.6) is 28.7 Å². The predicted octanol–water partition coefficient (Wildman–Crippen LogP) is 2.38. The Morgan fingerprint density at radius 2 is 1.92 bits per heavy atom. The van der Waals surface area contributed by atoms with Crippen LogP contribution in [-0.2, 0) is 6.42 Å². The van der Waals surface area contributed by atoms with Crippen molar-refractivity contribution in [1.82, 2.24) is 0 Å². The minimum Gasteiger partial charge on any atom is -0.507 e. The van der Waals surface area contributed by atoms with Crippen molar-refractivity contribution in [3.8, 4) is 28.7 Å². The summed E-state index contributed by atoms with van der Waals surface area (Å²) in [5.41, 5.74) is 0.765. The van der Waals surface area contributed by atoms with Gasteiger partial charge in [0.05, 0.1) is 18.1 Å². The van der Waals surface area contributed by atoms with Crippen molar-refractivity contribution < 1.29 is 34.0 Å². The average molecular weight is 356 g/mol. The van der Waals surface area contributed by atoms with E-state index in [0.29, 0.717) is 24.2 Å². The molecule has 0 saturated carbocycles. The average Bonchev–Trinajstić information content (AvgIpc) is 3.09. The van der Waals surface area contributed by atoms with Gasteiger partial charge in [-0.3, -0.25) is 9.59 Å². The summed E-state index contributed by atoms with van der Waals surface area (Å²) in [6.07, 6.45) is 0.706. The van der Waals surface area contributed by atoms with E-state index in [4.69, 9.17) is 14.2 Å². The van der Waals surface area contributed by atoms with Gasteiger partial charge in [0.1, 0.15) is 22.8 Å². The smallest absolute Gasteiger partial charge is 0.231 e. The van der Waals surface area contributed by atoms with Crippen LogP contribution in [0.4, 0.5) is 0 Å². The first-order valence-corrected chi connectivity index (χ1v) is 8.10. The van der Waals surface area contributed by atoms with Gasteiger partial charge >= 0.3 is 0 Å². The molecule has 26 heavy (non-hydrogen) atoms. The zero-order chi connectivity index (χ0) is 18.4. The number of phenolic OH excluding ortho intramolecular Hbond substituents is 2. The first kappa shape index (κ1) is 16.3. The van der Waals surface area contributed by atoms with E-state index >= 15 is 0 Å². The normalized spacial score (nSPS) is 17.6. The fourth-order valence-corrected chi connectivity index (χ4v) is 3.34. The molecule has 0 spiro atoms. The summed E-state index contributed by atoms with van der Waals surface area (Å²) < 4.78 is 16.3. The Morgan fingerprint density at radius 1 is 1.15 bits per heavy atom. The Balaban J connectivity index is 1.68. The quantitative estimate of drug-likeness (QED) is 0.814. The SMILES string of the molecule is Cc1c(O)c(C=O)c(O)c2c1OC[C@H](Cc1ccc3c(c1)OCO3)C2=O. The second-order valence-corrected chi connectivity index (χ2v) is 6.32. The minimum atomic E-state index is -0.543. The molecule has 2 aromatic carbocycles. The van der Waals surface area contributed by atoms with Crippen LogP contribution in [0.3, 0.4) is 0 Å². The highest BCUT2D eigenvalue weighted by Crippen LogP contribution is 2.45. The molecule has 7 nitrogen and oxygen atoms in total. The lowest BCUT2D eigenvalue weighted by Crippen LogP contribution is -2.30. The van der Waals surface area contributed by atoms with E-state index in [9.17, 15) is 19.8 Å². The molecule has 2 heterocycles. The zero-order valence-electron chi connectivity index (χ0n) is 13.9. The Bertz CT molecular complexity index is 932. The number of carbonyl (C=O) groups excluding carboxylic acids is 2. The third kappa shape index (κ3) is 2.35. The van der Waals surface area contributed by atoms with E-state index in [1.54, 1.807) is 6.07 Å². The summed E-state index contributed by atoms with van der Waals surface area (Å²) in [5.74, 6) is -0.372. The van der Waals surface area contributed by atoms with E-state index in [2.05, 4.69) is 0 Å². The molecule has 2 aliphatic heterocycles. The molecule has 0 unspecified atom stereocenters. The molecule has 7 heteroatoms. The fraction of sp³-hybridized carbons (Fsp3) is 0.263. The van der Waals surface area contributed by atoms with E-state index in [0.717, 1.165) is 5.56 Å². The summed E-state index contributed by atoms with van der Waals surface area (Å²) >= 11 is 0. The molecule has 0 bridgehead atoms. The lowest BCUT2D eigenvalue weighted by atomic mass is 9.87. The maximum atomic E-state index is 12.9. The van der Waals surface area contributed by atoms with Crippen LogP contribution in [0.15, 0.2) is 18.2 Å². The van der Waals surface area contributed by atoms with Gasteiger partial charge in [-0.2, -0.15) is 0 Å². The van der Waals surface area contributed by atoms with Crippen molar-refractivity contribution in [3.63, 3.8) is 0 Å². The van der Waals surface area contributed by atoms with Gasteiger partial charge in [-0.05, 0) is 31.0 Å². The fourth-order valence-electron chi connectivity index (χ4n) is 3.34. The summed E-state index contributed by atoms with van der Waals surface area (Å²) in [4.78, 5) is 24.1. The Kier molecular flexibility index (Phi) is 3.72. The van der Waals surface area contributed by atoms with Crippen LogP contribution < -0.4 is 14.2 Å². The van der Waals surface area contributed by atoms with Crippen molar-refractivity contribution in [2.24, 2.45) is 5.92 Å². The van der Waals surface area contributed by atoms with Gasteiger partial charge in [0, 0.05) is 5.56 Å². The lowest BCUT2D eigenvalue weighted by Gasteiger charge is -2.27. The molecule has 2 aromatic rings. The van der Waals surface area contributed by atoms with E-state index < -0.39 is 11.7 Å². The van der Waals surface area contributed by atoms with Gasteiger partial charge < -0.3 is 24.4 Å². The summed E-state index contributed by atoms with van der Waals surface area (Å²) in [5, 5.41) is 20.3. The molecule has 4 rings (SSSR count). The van der Waals surface area contributed by atoms with Crippen molar-refractivity contribution in [2.75, 3.05) is 13.4 Å². The molecular weight excluding hydrogens is 340 g/mol. The Morgan fingerprint density at radius 3 is 2.69 bits per heavy atom. The monoisotopic (exact) mass is 356 g/mol. The number of hydrogen-bond donors (Lipinski definition) is 2. The standard InChI is InChI=1S/C19H16O7/c1-9-16(21)12(6-20)18(23)15-17(22)11(7-24-19(9)15)4-10-2-3-13-14(5-10)26-8-25-13/h2-3,5-6,11,21,23H,4,7-8H2,1H3/t11-/m0/s1. The first-order chi connectivity index (χ1) is 12.5. The minimum absolute atomic E-state index is 0.0561. The molecule has 134 valence electrons. The summed E-state index contributed by atoms with van der Waals surface area (Å²) in [6, 6.07) is 5.43. The van der Waals surface area contributed by atoms with E-state index in [1.165, 1.54) is 6.92 Å². The van der Waals surface area contributed by atoms with Crippen LogP contribution in [0.1, 0.15) is 31.8 Å². The van der Waals surface area contributed by atoms with Gasteiger partial charge in [-0.15, -0.1) is 0 Å². The lowest BCUT2D eigenvalue weighted by molar-refractivity contribution is 0.0824. The third-order valence-corrected chi connectivity index (χ3v) is 4.75. The van der Waals surface area contributed by atoms with Crippen LogP contribution in [0.2, 0.25) is 0 Å². The number of ether oxygens (including phenoxy) is 3. The zero-order valence-corrected chi connectivity index (χ0v) is 13.9. The van der Waals surface area contributed by atoms with Gasteiger partial charge in [-0.25, -0.2) is 0 Å². The van der Waals surface area contributed by atoms with Crippen molar-refractivity contribution in [1.29, 1.82) is 0 Å². The summed E-state index contributed by atoms with van der Waals surface area (Å²) in [7, 11) is 0. The second-order valence-electron chi connectivity index (χ2n) is 6.32. The van der Waals surface area contributed by atoms with Gasteiger partial charge in [0.2, 0.25) is 6.79 Å². The van der Waals surface area contributed by atoms with E-state index in [1.807, 2.05) is 12.1 Å². The molecule has 0 aliphatic carbocycles. The molecule has 0 fully saturated rings. The number of phenols is 2. The highest BCUT2D eigenvalue weighted by molar-refractivity contribution is 6.07. The van der Waals surface area contributed by atoms with Gasteiger partial charge in [0.15, 0.2) is 23.6 Å². The van der Waals surface area contributed by atoms with Gasteiger partial charge in [-0.1, -0.05) is 6.07 Å². The topological polar surface area (TPSA) is 102 Å². The maximum absolute atomic E-state index is 12.9. The first-order valence-electron chi connectivity index (χ1n) is 8.10. The Hall–Kier alpha value is -3.22. The van der Waals surface area contributed by atoms with Crippen LogP contribution in [0, 0.1) is 12.8 Å². The number of aldehydes is 1. The van der Waals surface area contributed by atoms with Crippen LogP contribution in [0.25, 0.3) is 0 Å². The summed E-state index contributed by atoms with van der Waals surface area (Å²) in [6.45, 7) is 1.81. The van der Waals surface area contributed by atoms with Gasteiger partial charge in [0.25, 0.3) is 0 Å². The molecule has 0 radical (unpaired) electrons. The molecule has 0 aromatic heterocycles. The number of fused-ring (bicyclic) bond motifs is 2. The number of aromatic hydroxyl groups is 2. The van der Waals surface area contributed by atoms with Crippen molar-refractivity contribution in [3.05, 3.63) is 40.5 Å². The highest BCUT2D eigenvalue weighted by atomic mass is 16.7. The van der Waals surface area contributed by atoms with E-state index in [-0.39, 0.29) is 47.4 Å². The molecule has 2 aliphatic rings. The number of carbonyl (C=O) groups is 2. The molecular formula is C19H16O7. The molecule has 1 atom stereocenters. The largest absolute Gasteiger partial charge is 0.507 e. The third-order valence-electron chi connectivity index (χ3n) is 4.75. The van der Waals surface area contributed by atoms with Crippen molar-refractivity contribution in [2.45, 2.75) is 13.3 Å². The molecule has 0 amide bonds. The van der Waals surface area contributed by atoms with Crippen molar-refractivity contribution >= 4 is 12.1 Å². The molecule has 2 N–H and O–H groups in total. The number of Topliss-reactive ketones (excluding diaryl/α,β-unsaturated/α-hetero) is 1. The van der Waals surface area contributed by atoms with Crippen LogP contribution >= 0.6 is 0 Å². The number of ketones is 1. The molecule has 0 saturated heterocycles. The maximum Gasteiger partial charge on any atom is 0.231 e. The second kappa shape index (κ2) is 5.94. The number of rotatable bonds is 3. The predicted molar refractivity (Wildman–Crippen MR) is 89.5 cm³/mol. The Labute approximate surface area is 148 Å². The van der Waals surface area contributed by atoms with Crippen LogP contribution in [-0.4, -0.2) is 35.7 Å². The number of benzene rings is 2. The highest BCUT2D eigenvalue weighted by Gasteiger charge is 2.35.